The van der Waals surface area contributed by atoms with Gasteiger partial charge in [-0.05, 0) is 60.9 Å². The van der Waals surface area contributed by atoms with Crippen LogP contribution in [0.2, 0.25) is 0 Å². The minimum absolute atomic E-state index is 0.0844. The fourth-order valence-corrected chi connectivity index (χ4v) is 3.06. The summed E-state index contributed by atoms with van der Waals surface area (Å²) in [4.78, 5) is 20.8. The molecule has 2 heterocycles. The molecule has 0 atom stereocenters. The minimum atomic E-state index is 0.0844. The maximum absolute atomic E-state index is 11.9. The van der Waals surface area contributed by atoms with Crippen LogP contribution in [0, 0.1) is 12.8 Å². The highest BCUT2D eigenvalue weighted by Gasteiger charge is 2.29. The molecule has 1 fully saturated rings. The van der Waals surface area contributed by atoms with E-state index in [9.17, 15) is 4.79 Å². The lowest BCUT2D eigenvalue weighted by molar-refractivity contribution is -0.117. The number of carbonyl (C=O) groups is 1. The SMILES string of the molecule is CCc1cc(C)c(-c2ccc3cc(NC(=O)C4CC4)ncc3c2)cn1. The Balaban J connectivity index is 1.65. The molecular formula is C21H21N3O. The first-order valence-corrected chi connectivity index (χ1v) is 8.80. The zero-order valence-electron chi connectivity index (χ0n) is 14.5. The van der Waals surface area contributed by atoms with Gasteiger partial charge in [0.25, 0.3) is 0 Å². The summed E-state index contributed by atoms with van der Waals surface area (Å²) in [6.45, 7) is 4.23. The normalized spacial score (nSPS) is 13.8. The van der Waals surface area contributed by atoms with Gasteiger partial charge in [-0.1, -0.05) is 19.1 Å². The molecule has 0 radical (unpaired) electrons. The number of anilines is 1. The van der Waals surface area contributed by atoms with Gasteiger partial charge in [-0.2, -0.15) is 0 Å². The fraction of sp³-hybridized carbons (Fsp3) is 0.286. The lowest BCUT2D eigenvalue weighted by Gasteiger charge is -2.09. The topological polar surface area (TPSA) is 54.9 Å². The summed E-state index contributed by atoms with van der Waals surface area (Å²) in [5.74, 6) is 0.893. The van der Waals surface area contributed by atoms with Gasteiger partial charge in [0.2, 0.25) is 5.91 Å². The number of rotatable bonds is 4. The third-order valence-electron chi connectivity index (χ3n) is 4.76. The van der Waals surface area contributed by atoms with E-state index in [0.717, 1.165) is 46.9 Å². The van der Waals surface area contributed by atoms with E-state index < -0.39 is 0 Å². The van der Waals surface area contributed by atoms with Gasteiger partial charge in [0.15, 0.2) is 0 Å². The Morgan fingerprint density at radius 3 is 2.68 bits per heavy atom. The molecule has 2 aromatic heterocycles. The van der Waals surface area contributed by atoms with Gasteiger partial charge in [-0.3, -0.25) is 9.78 Å². The van der Waals surface area contributed by atoms with Crippen LogP contribution in [0.15, 0.2) is 42.7 Å². The molecular weight excluding hydrogens is 310 g/mol. The highest BCUT2D eigenvalue weighted by molar-refractivity contribution is 5.96. The number of nitrogens with zero attached hydrogens (tertiary/aromatic N) is 2. The molecule has 1 aliphatic rings. The van der Waals surface area contributed by atoms with Crippen LogP contribution >= 0.6 is 0 Å². The number of pyridine rings is 2. The third-order valence-corrected chi connectivity index (χ3v) is 4.76. The van der Waals surface area contributed by atoms with Crippen LogP contribution in [0.5, 0.6) is 0 Å². The summed E-state index contributed by atoms with van der Waals surface area (Å²) in [6, 6.07) is 10.4. The predicted molar refractivity (Wildman–Crippen MR) is 100 cm³/mol. The summed E-state index contributed by atoms with van der Waals surface area (Å²) in [7, 11) is 0. The highest BCUT2D eigenvalue weighted by Crippen LogP contribution is 2.31. The molecule has 0 bridgehead atoms. The van der Waals surface area contributed by atoms with E-state index in [1.54, 1.807) is 0 Å². The molecule has 1 amide bonds. The molecule has 1 aromatic carbocycles. The lowest BCUT2D eigenvalue weighted by Crippen LogP contribution is -2.14. The zero-order chi connectivity index (χ0) is 17.4. The molecule has 4 heteroatoms. The molecule has 0 saturated heterocycles. The Hall–Kier alpha value is -2.75. The van der Waals surface area contributed by atoms with Crippen molar-refractivity contribution < 1.29 is 4.79 Å². The summed E-state index contributed by atoms with van der Waals surface area (Å²) < 4.78 is 0. The third kappa shape index (κ3) is 3.25. The number of carbonyl (C=O) groups excluding carboxylic acids is 1. The Morgan fingerprint density at radius 1 is 1.12 bits per heavy atom. The van der Waals surface area contributed by atoms with Crippen LogP contribution in [-0.4, -0.2) is 15.9 Å². The van der Waals surface area contributed by atoms with Gasteiger partial charge in [0, 0.05) is 35.0 Å². The molecule has 126 valence electrons. The number of fused-ring (bicyclic) bond motifs is 1. The van der Waals surface area contributed by atoms with Gasteiger partial charge in [-0.15, -0.1) is 0 Å². The summed E-state index contributed by atoms with van der Waals surface area (Å²) in [5, 5.41) is 5.03. The Labute approximate surface area is 147 Å². The highest BCUT2D eigenvalue weighted by atomic mass is 16.2. The smallest absolute Gasteiger partial charge is 0.228 e. The molecule has 0 spiro atoms. The van der Waals surface area contributed by atoms with Crippen molar-refractivity contribution in [2.45, 2.75) is 33.1 Å². The minimum Gasteiger partial charge on any atom is -0.310 e. The van der Waals surface area contributed by atoms with Crippen molar-refractivity contribution in [3.05, 3.63) is 54.0 Å². The maximum atomic E-state index is 11.9. The lowest BCUT2D eigenvalue weighted by atomic mass is 9.99. The van der Waals surface area contributed by atoms with Crippen LogP contribution in [-0.2, 0) is 11.2 Å². The monoisotopic (exact) mass is 331 g/mol. The number of nitrogens with one attached hydrogen (secondary N) is 1. The summed E-state index contributed by atoms with van der Waals surface area (Å²) >= 11 is 0. The average molecular weight is 331 g/mol. The van der Waals surface area contributed by atoms with Crippen molar-refractivity contribution in [3.63, 3.8) is 0 Å². The summed E-state index contributed by atoms with van der Waals surface area (Å²) in [5.41, 5.74) is 4.62. The largest absolute Gasteiger partial charge is 0.310 e. The van der Waals surface area contributed by atoms with E-state index in [1.807, 2.05) is 18.5 Å². The molecule has 1 N–H and O–H groups in total. The predicted octanol–water partition coefficient (Wildman–Crippen LogP) is 4.52. The Morgan fingerprint density at radius 2 is 1.96 bits per heavy atom. The van der Waals surface area contributed by atoms with Gasteiger partial charge in [-0.25, -0.2) is 4.98 Å². The number of hydrogen-bond acceptors (Lipinski definition) is 3. The first kappa shape index (κ1) is 15.8. The Bertz CT molecular complexity index is 961. The number of benzene rings is 1. The van der Waals surface area contributed by atoms with Crippen molar-refractivity contribution in [1.82, 2.24) is 9.97 Å². The van der Waals surface area contributed by atoms with E-state index in [0.29, 0.717) is 5.82 Å². The van der Waals surface area contributed by atoms with Crippen LogP contribution in [0.25, 0.3) is 21.9 Å². The van der Waals surface area contributed by atoms with Crippen molar-refractivity contribution >= 4 is 22.5 Å². The zero-order valence-corrected chi connectivity index (χ0v) is 14.5. The molecule has 4 rings (SSSR count). The number of aryl methyl sites for hydroxylation is 2. The molecule has 1 saturated carbocycles. The summed E-state index contributed by atoms with van der Waals surface area (Å²) in [6.07, 6.45) is 6.70. The van der Waals surface area contributed by atoms with Crippen LogP contribution in [0.1, 0.15) is 31.0 Å². The maximum Gasteiger partial charge on any atom is 0.228 e. The number of aromatic nitrogens is 2. The first-order valence-electron chi connectivity index (χ1n) is 8.80. The molecule has 4 nitrogen and oxygen atoms in total. The van der Waals surface area contributed by atoms with Gasteiger partial charge < -0.3 is 5.32 Å². The van der Waals surface area contributed by atoms with Crippen molar-refractivity contribution in [3.8, 4) is 11.1 Å². The van der Waals surface area contributed by atoms with Crippen LogP contribution in [0.3, 0.4) is 0 Å². The van der Waals surface area contributed by atoms with Crippen molar-refractivity contribution in [2.75, 3.05) is 5.32 Å². The molecule has 0 aliphatic heterocycles. The van der Waals surface area contributed by atoms with Gasteiger partial charge in [0.05, 0.1) is 0 Å². The van der Waals surface area contributed by atoms with Crippen molar-refractivity contribution in [2.24, 2.45) is 5.92 Å². The van der Waals surface area contributed by atoms with E-state index in [-0.39, 0.29) is 11.8 Å². The second-order valence-electron chi connectivity index (χ2n) is 6.74. The van der Waals surface area contributed by atoms with Crippen molar-refractivity contribution in [1.29, 1.82) is 0 Å². The number of hydrogen-bond donors (Lipinski definition) is 1. The molecule has 3 aromatic rings. The Kier molecular flexibility index (Phi) is 3.96. The fourth-order valence-electron chi connectivity index (χ4n) is 3.06. The van der Waals surface area contributed by atoms with Gasteiger partial charge in [0.1, 0.15) is 5.82 Å². The van der Waals surface area contributed by atoms with E-state index in [2.05, 4.69) is 53.4 Å². The molecule has 0 unspecified atom stereocenters. The van der Waals surface area contributed by atoms with E-state index in [4.69, 9.17) is 0 Å². The quantitative estimate of drug-likeness (QED) is 0.765. The van der Waals surface area contributed by atoms with E-state index >= 15 is 0 Å². The number of amides is 1. The second-order valence-corrected chi connectivity index (χ2v) is 6.74. The molecule has 25 heavy (non-hydrogen) atoms. The average Bonchev–Trinajstić information content (AvgIpc) is 3.46. The van der Waals surface area contributed by atoms with E-state index in [1.165, 1.54) is 5.56 Å². The second kappa shape index (κ2) is 6.28. The van der Waals surface area contributed by atoms with Crippen LogP contribution < -0.4 is 5.32 Å². The van der Waals surface area contributed by atoms with Gasteiger partial charge >= 0.3 is 0 Å². The van der Waals surface area contributed by atoms with Crippen LogP contribution in [0.4, 0.5) is 5.82 Å². The molecule has 1 aliphatic carbocycles. The standard InChI is InChI=1S/C21H21N3O/c1-3-18-8-13(2)19(12-22-18)16-7-6-15-10-20(23-11-17(15)9-16)24-21(25)14-4-5-14/h6-12,14H,3-5H2,1-2H3,(H,23,24,25). The first-order chi connectivity index (χ1) is 12.1.